The molecule has 2 fully saturated rings. The van der Waals surface area contributed by atoms with Gasteiger partial charge in [-0.15, -0.1) is 0 Å². The standard InChI is InChI=1S/C31H36N4O6.CH4/c1-20(27(18-32)31(38)34-19-26-16-25(36)17-30(37)40-26)28-6-7-29(41-28)23-3-2-22-15-24(5-4-21(22)14-23)33-8-9-35-10-12-39-13-11-35;/h2-7,14-15,25-26,30,33,36-37H,8-13,16-17,19H2,1H3,(H,34,38);1H4/b27-20+;. The summed E-state index contributed by atoms with van der Waals surface area (Å²) in [7, 11) is 0. The summed E-state index contributed by atoms with van der Waals surface area (Å²) in [6, 6.07) is 17.9. The Bertz CT molecular complexity index is 1430. The van der Waals surface area contributed by atoms with E-state index in [1.807, 2.05) is 18.2 Å². The van der Waals surface area contributed by atoms with E-state index in [0.717, 1.165) is 61.4 Å². The number of ether oxygens (including phenoxy) is 2. The molecule has 0 radical (unpaired) electrons. The molecule has 5 rings (SSSR count). The third kappa shape index (κ3) is 7.76. The number of benzene rings is 2. The molecule has 10 nitrogen and oxygen atoms in total. The number of furan rings is 1. The Hall–Kier alpha value is -3.72. The van der Waals surface area contributed by atoms with Crippen LogP contribution in [0.2, 0.25) is 0 Å². The van der Waals surface area contributed by atoms with Crippen LogP contribution in [0.3, 0.4) is 0 Å². The largest absolute Gasteiger partial charge is 0.456 e. The first-order chi connectivity index (χ1) is 19.9. The lowest BCUT2D eigenvalue weighted by atomic mass is 10.0. The lowest BCUT2D eigenvalue weighted by Crippen LogP contribution is -2.42. The van der Waals surface area contributed by atoms with Gasteiger partial charge in [-0.2, -0.15) is 5.26 Å². The minimum atomic E-state index is -1.07. The van der Waals surface area contributed by atoms with Gasteiger partial charge >= 0.3 is 0 Å². The number of aliphatic hydroxyl groups is 2. The second-order valence-corrected chi connectivity index (χ2v) is 10.5. The van der Waals surface area contributed by atoms with Gasteiger partial charge in [0.2, 0.25) is 0 Å². The van der Waals surface area contributed by atoms with Crippen molar-refractivity contribution in [3.63, 3.8) is 0 Å². The average molecular weight is 577 g/mol. The molecule has 3 unspecified atom stereocenters. The molecule has 0 spiro atoms. The Labute approximate surface area is 246 Å². The van der Waals surface area contributed by atoms with Crippen LogP contribution in [-0.4, -0.2) is 85.5 Å². The zero-order valence-corrected chi connectivity index (χ0v) is 23.1. The van der Waals surface area contributed by atoms with Crippen LogP contribution < -0.4 is 10.6 Å². The Kier molecular flexibility index (Phi) is 10.7. The highest BCUT2D eigenvalue weighted by atomic mass is 16.6. The highest BCUT2D eigenvalue weighted by Crippen LogP contribution is 2.30. The van der Waals surface area contributed by atoms with Gasteiger partial charge in [-0.1, -0.05) is 25.6 Å². The minimum absolute atomic E-state index is 0. The number of fused-ring (bicyclic) bond motifs is 1. The number of hydrogen-bond acceptors (Lipinski definition) is 9. The lowest BCUT2D eigenvalue weighted by molar-refractivity contribution is -0.187. The van der Waals surface area contributed by atoms with Crippen LogP contribution in [0.1, 0.15) is 33.0 Å². The molecular formula is C32H40N4O6. The fraction of sp³-hybridized carbons (Fsp3) is 0.438. The van der Waals surface area contributed by atoms with Crippen molar-refractivity contribution >= 4 is 27.9 Å². The zero-order chi connectivity index (χ0) is 28.8. The Balaban J connectivity index is 0.00000405. The summed E-state index contributed by atoms with van der Waals surface area (Å²) in [5.74, 6) is 0.484. The van der Waals surface area contributed by atoms with E-state index in [9.17, 15) is 20.3 Å². The van der Waals surface area contributed by atoms with Gasteiger partial charge in [0.25, 0.3) is 5.91 Å². The molecule has 0 saturated carbocycles. The Morgan fingerprint density at radius 1 is 1.07 bits per heavy atom. The summed E-state index contributed by atoms with van der Waals surface area (Å²) < 4.78 is 16.8. The fourth-order valence-corrected chi connectivity index (χ4v) is 5.21. The number of aliphatic hydroxyl groups excluding tert-OH is 2. The number of anilines is 1. The summed E-state index contributed by atoms with van der Waals surface area (Å²) in [5.41, 5.74) is 2.30. The first kappa shape index (κ1) is 31.2. The molecule has 2 aliphatic rings. The Morgan fingerprint density at radius 2 is 1.83 bits per heavy atom. The normalized spacial score (nSPS) is 21.6. The molecular weight excluding hydrogens is 536 g/mol. The number of allylic oxidation sites excluding steroid dienone is 1. The molecule has 1 amide bonds. The number of hydrogen-bond donors (Lipinski definition) is 4. The lowest BCUT2D eigenvalue weighted by Gasteiger charge is -2.30. The van der Waals surface area contributed by atoms with E-state index >= 15 is 0 Å². The maximum Gasteiger partial charge on any atom is 0.262 e. The molecule has 0 aliphatic carbocycles. The molecule has 1 aromatic heterocycles. The van der Waals surface area contributed by atoms with Crippen LogP contribution in [-0.2, 0) is 14.3 Å². The van der Waals surface area contributed by atoms with Crippen molar-refractivity contribution in [2.75, 3.05) is 51.3 Å². The average Bonchev–Trinajstić information content (AvgIpc) is 3.47. The summed E-state index contributed by atoms with van der Waals surface area (Å²) in [4.78, 5) is 15.2. The van der Waals surface area contributed by atoms with Crippen molar-refractivity contribution in [2.24, 2.45) is 0 Å². The number of morpholine rings is 1. The number of amides is 1. The molecule has 0 bridgehead atoms. The maximum atomic E-state index is 12.8. The number of rotatable bonds is 9. The van der Waals surface area contributed by atoms with Crippen molar-refractivity contribution in [2.45, 2.75) is 45.7 Å². The first-order valence-electron chi connectivity index (χ1n) is 14.0. The van der Waals surface area contributed by atoms with Gasteiger partial charge in [0.1, 0.15) is 23.2 Å². The van der Waals surface area contributed by atoms with Crippen LogP contribution in [0.4, 0.5) is 5.69 Å². The molecule has 224 valence electrons. The molecule has 4 N–H and O–H groups in total. The molecule has 2 saturated heterocycles. The van der Waals surface area contributed by atoms with E-state index in [0.29, 0.717) is 23.5 Å². The van der Waals surface area contributed by atoms with Crippen molar-refractivity contribution < 1.29 is 28.9 Å². The van der Waals surface area contributed by atoms with E-state index in [1.54, 1.807) is 13.0 Å². The predicted octanol–water partition coefficient (Wildman–Crippen LogP) is 3.75. The van der Waals surface area contributed by atoms with E-state index < -0.39 is 24.4 Å². The van der Waals surface area contributed by atoms with E-state index in [-0.39, 0.29) is 26.0 Å². The smallest absolute Gasteiger partial charge is 0.262 e. The number of nitrogens with zero attached hydrogens (tertiary/aromatic N) is 2. The third-order valence-electron chi connectivity index (χ3n) is 7.52. The summed E-state index contributed by atoms with van der Waals surface area (Å²) in [6.07, 6.45) is -1.88. The van der Waals surface area contributed by atoms with Gasteiger partial charge in [-0.25, -0.2) is 0 Å². The number of nitrogens with one attached hydrogen (secondary N) is 2. The number of nitriles is 1. The monoisotopic (exact) mass is 576 g/mol. The SMILES string of the molecule is C.C/C(=C(/C#N)C(=O)NCC1CC(O)CC(O)O1)c1ccc(-c2ccc3cc(NCCN4CCOCC4)ccc3c2)o1. The predicted molar refractivity (Wildman–Crippen MR) is 161 cm³/mol. The Morgan fingerprint density at radius 3 is 2.60 bits per heavy atom. The van der Waals surface area contributed by atoms with Crippen LogP contribution in [0, 0.1) is 11.3 Å². The van der Waals surface area contributed by atoms with Crippen molar-refractivity contribution in [1.82, 2.24) is 10.2 Å². The molecule has 10 heteroatoms. The van der Waals surface area contributed by atoms with E-state index in [1.165, 1.54) is 0 Å². The molecule has 3 aromatic rings. The van der Waals surface area contributed by atoms with Gasteiger partial charge in [0.15, 0.2) is 6.29 Å². The number of carbonyl (C=O) groups excluding carboxylic acids is 1. The van der Waals surface area contributed by atoms with E-state index in [4.69, 9.17) is 13.9 Å². The zero-order valence-electron chi connectivity index (χ0n) is 23.1. The molecule has 2 aliphatic heterocycles. The second-order valence-electron chi connectivity index (χ2n) is 10.5. The highest BCUT2D eigenvalue weighted by molar-refractivity contribution is 6.04. The van der Waals surface area contributed by atoms with Crippen LogP contribution in [0.15, 0.2) is 58.5 Å². The quantitative estimate of drug-likeness (QED) is 0.221. The maximum absolute atomic E-state index is 12.8. The van der Waals surface area contributed by atoms with Crippen molar-refractivity contribution in [3.8, 4) is 17.4 Å². The second kappa shape index (κ2) is 14.4. The van der Waals surface area contributed by atoms with Crippen LogP contribution >= 0.6 is 0 Å². The van der Waals surface area contributed by atoms with Gasteiger partial charge in [-0.05, 0) is 48.0 Å². The van der Waals surface area contributed by atoms with Crippen molar-refractivity contribution in [1.29, 1.82) is 5.26 Å². The van der Waals surface area contributed by atoms with Gasteiger partial charge < -0.3 is 34.7 Å². The van der Waals surface area contributed by atoms with Gasteiger partial charge in [-0.3, -0.25) is 9.69 Å². The van der Waals surface area contributed by atoms with Crippen molar-refractivity contribution in [3.05, 3.63) is 59.9 Å². The number of carbonyl (C=O) groups is 1. The first-order valence-corrected chi connectivity index (χ1v) is 14.0. The molecule has 42 heavy (non-hydrogen) atoms. The topological polar surface area (TPSA) is 140 Å². The van der Waals surface area contributed by atoms with Crippen LogP contribution in [0.5, 0.6) is 0 Å². The summed E-state index contributed by atoms with van der Waals surface area (Å²) in [6.45, 7) is 7.14. The van der Waals surface area contributed by atoms with Gasteiger partial charge in [0, 0.05) is 62.4 Å². The minimum Gasteiger partial charge on any atom is -0.456 e. The fourth-order valence-electron chi connectivity index (χ4n) is 5.21. The van der Waals surface area contributed by atoms with Crippen LogP contribution in [0.25, 0.3) is 27.7 Å². The molecule has 2 aromatic carbocycles. The molecule has 3 heterocycles. The summed E-state index contributed by atoms with van der Waals surface area (Å²) in [5, 5.41) is 37.5. The van der Waals surface area contributed by atoms with Gasteiger partial charge in [0.05, 0.1) is 25.4 Å². The molecule has 3 atom stereocenters. The highest BCUT2D eigenvalue weighted by Gasteiger charge is 2.28. The summed E-state index contributed by atoms with van der Waals surface area (Å²) >= 11 is 0. The van der Waals surface area contributed by atoms with E-state index in [2.05, 4.69) is 45.9 Å². The third-order valence-corrected chi connectivity index (χ3v) is 7.52.